The zero-order valence-corrected chi connectivity index (χ0v) is 24.6. The molecular formula is C34H42Zr. The molecule has 0 N–H and O–H groups in total. The fraction of sp³-hybridized carbons (Fsp3) is 0.353. The van der Waals surface area contributed by atoms with E-state index in [-0.39, 0.29) is 0 Å². The molecule has 4 rings (SSSR count). The molecule has 0 aromatic heterocycles. The van der Waals surface area contributed by atoms with Crippen molar-refractivity contribution < 1.29 is 20.3 Å². The van der Waals surface area contributed by atoms with Gasteiger partial charge in [-0.05, 0) is 0 Å². The topological polar surface area (TPSA) is 0 Å². The number of benzene rings is 3. The van der Waals surface area contributed by atoms with Crippen molar-refractivity contribution in [3.05, 3.63) is 128 Å². The predicted octanol–water partition coefficient (Wildman–Crippen LogP) is 9.56. The molecule has 0 amide bonds. The fourth-order valence-corrected chi connectivity index (χ4v) is 21.8. The Balaban J connectivity index is 1.97. The standard InChI is InChI=1S/C13H21.3C7H7.Zr/c1-5-10-9-11(6-2)13(8-4)12(10)7-3;3*1-7-5-3-2-4-6-7;/h10H,5-8H2,1-4H3;3*2-6H,1H2;. The molecule has 0 heterocycles. The summed E-state index contributed by atoms with van der Waals surface area (Å²) in [5.74, 6) is 0.650. The zero-order chi connectivity index (χ0) is 24.7. The van der Waals surface area contributed by atoms with Gasteiger partial charge in [0.1, 0.15) is 0 Å². The van der Waals surface area contributed by atoms with Crippen molar-refractivity contribution >= 4 is 0 Å². The number of rotatable bonds is 11. The zero-order valence-electron chi connectivity index (χ0n) is 22.2. The van der Waals surface area contributed by atoms with E-state index in [1.807, 2.05) is 3.28 Å². The van der Waals surface area contributed by atoms with E-state index in [0.29, 0.717) is 5.92 Å². The molecular weight excluding hydrogens is 500 g/mol. The second-order valence-corrected chi connectivity index (χ2v) is 20.4. The van der Waals surface area contributed by atoms with Crippen LogP contribution in [-0.2, 0) is 32.7 Å². The summed E-state index contributed by atoms with van der Waals surface area (Å²) >= 11 is -3.09. The van der Waals surface area contributed by atoms with Crippen molar-refractivity contribution in [1.29, 1.82) is 0 Å². The molecule has 0 nitrogen and oxygen atoms in total. The van der Waals surface area contributed by atoms with Crippen LogP contribution in [0.2, 0.25) is 0 Å². The fourth-order valence-electron chi connectivity index (χ4n) is 6.83. The molecule has 0 spiro atoms. The molecule has 1 aliphatic carbocycles. The average Bonchev–Trinajstić information content (AvgIpc) is 3.23. The van der Waals surface area contributed by atoms with Crippen LogP contribution in [0.25, 0.3) is 0 Å². The Hall–Kier alpha value is -1.98. The van der Waals surface area contributed by atoms with E-state index in [2.05, 4.69) is 119 Å². The summed E-state index contributed by atoms with van der Waals surface area (Å²) in [5, 5.41) is 0. The molecule has 1 aliphatic rings. The Kier molecular flexibility index (Phi) is 9.18. The molecule has 1 atom stereocenters. The Morgan fingerprint density at radius 1 is 0.514 bits per heavy atom. The molecule has 1 heteroatoms. The van der Waals surface area contributed by atoms with Gasteiger partial charge in [-0.3, -0.25) is 0 Å². The van der Waals surface area contributed by atoms with E-state index in [4.69, 9.17) is 0 Å². The molecule has 3 aromatic carbocycles. The van der Waals surface area contributed by atoms with Gasteiger partial charge in [0.05, 0.1) is 0 Å². The van der Waals surface area contributed by atoms with Gasteiger partial charge in [0.25, 0.3) is 0 Å². The number of hydrogen-bond acceptors (Lipinski definition) is 0. The van der Waals surface area contributed by atoms with Gasteiger partial charge in [-0.1, -0.05) is 0 Å². The third-order valence-corrected chi connectivity index (χ3v) is 20.5. The third-order valence-electron chi connectivity index (χ3n) is 8.07. The summed E-state index contributed by atoms with van der Waals surface area (Å²) < 4.78 is 5.79. The first-order valence-corrected chi connectivity index (χ1v) is 20.2. The van der Waals surface area contributed by atoms with Gasteiger partial charge in [-0.2, -0.15) is 0 Å². The van der Waals surface area contributed by atoms with Crippen molar-refractivity contribution in [2.75, 3.05) is 0 Å². The van der Waals surface area contributed by atoms with Gasteiger partial charge >= 0.3 is 220 Å². The van der Waals surface area contributed by atoms with E-state index >= 15 is 0 Å². The van der Waals surface area contributed by atoms with Crippen LogP contribution in [0.1, 0.15) is 70.1 Å². The van der Waals surface area contributed by atoms with E-state index in [1.165, 1.54) is 54.8 Å². The van der Waals surface area contributed by atoms with Crippen LogP contribution in [0.15, 0.2) is 111 Å². The predicted molar refractivity (Wildman–Crippen MR) is 149 cm³/mol. The second-order valence-electron chi connectivity index (χ2n) is 10.2. The molecule has 0 aliphatic heterocycles. The summed E-state index contributed by atoms with van der Waals surface area (Å²) in [6.07, 6.45) is 4.78. The summed E-state index contributed by atoms with van der Waals surface area (Å²) in [5.41, 5.74) is 9.85. The monoisotopic (exact) mass is 540 g/mol. The van der Waals surface area contributed by atoms with Crippen LogP contribution in [-0.4, -0.2) is 0 Å². The van der Waals surface area contributed by atoms with Crippen LogP contribution in [0.4, 0.5) is 0 Å². The first-order valence-electron chi connectivity index (χ1n) is 13.7. The maximum absolute atomic E-state index is 3.09. The van der Waals surface area contributed by atoms with E-state index in [1.54, 1.807) is 16.7 Å². The molecule has 0 saturated carbocycles. The van der Waals surface area contributed by atoms with E-state index in [9.17, 15) is 0 Å². The quantitative estimate of drug-likeness (QED) is 0.227. The van der Waals surface area contributed by atoms with Crippen molar-refractivity contribution in [3.63, 3.8) is 0 Å². The van der Waals surface area contributed by atoms with Crippen molar-refractivity contribution in [1.82, 2.24) is 0 Å². The second kappa shape index (κ2) is 12.3. The first-order chi connectivity index (χ1) is 17.2. The van der Waals surface area contributed by atoms with Gasteiger partial charge in [-0.15, -0.1) is 0 Å². The van der Waals surface area contributed by atoms with Gasteiger partial charge in [0, 0.05) is 0 Å². The van der Waals surface area contributed by atoms with E-state index in [0.717, 1.165) is 0 Å². The number of hydrogen-bond donors (Lipinski definition) is 0. The summed E-state index contributed by atoms with van der Waals surface area (Å²) in [6, 6.07) is 34.3. The SMILES string of the molecule is CCC1=C(CC)C(CC)[C]([Zr]([CH2]c2ccccc2)([CH2]c2ccccc2)[CH2]c2ccccc2)=C1CC. The Labute approximate surface area is 218 Å². The summed E-state index contributed by atoms with van der Waals surface area (Å²) in [7, 11) is 0. The number of allylic oxidation sites excluding steroid dienone is 4. The Morgan fingerprint density at radius 3 is 1.23 bits per heavy atom. The molecule has 0 bridgehead atoms. The summed E-state index contributed by atoms with van der Waals surface area (Å²) in [6.45, 7) is 9.64. The Morgan fingerprint density at radius 2 is 0.914 bits per heavy atom. The maximum atomic E-state index is 2.44. The molecule has 182 valence electrons. The molecule has 1 unspecified atom stereocenters. The first kappa shape index (κ1) is 26.1. The van der Waals surface area contributed by atoms with Gasteiger partial charge in [-0.25, -0.2) is 0 Å². The van der Waals surface area contributed by atoms with Crippen molar-refractivity contribution in [3.8, 4) is 0 Å². The molecule has 0 fully saturated rings. The van der Waals surface area contributed by atoms with Crippen molar-refractivity contribution in [2.24, 2.45) is 5.92 Å². The minimum absolute atomic E-state index is 0.650. The van der Waals surface area contributed by atoms with Gasteiger partial charge in [0.15, 0.2) is 0 Å². The third kappa shape index (κ3) is 5.72. The normalized spacial score (nSPS) is 16.3. The molecule has 3 aromatic rings. The van der Waals surface area contributed by atoms with Crippen LogP contribution >= 0.6 is 0 Å². The Bertz CT molecular complexity index is 1040. The van der Waals surface area contributed by atoms with Crippen LogP contribution in [0, 0.1) is 5.92 Å². The minimum atomic E-state index is -3.09. The van der Waals surface area contributed by atoms with Crippen LogP contribution in [0.3, 0.4) is 0 Å². The van der Waals surface area contributed by atoms with Crippen LogP contribution in [0.5, 0.6) is 0 Å². The molecule has 0 radical (unpaired) electrons. The summed E-state index contributed by atoms with van der Waals surface area (Å²) in [4.78, 5) is 0. The average molecular weight is 542 g/mol. The van der Waals surface area contributed by atoms with Crippen LogP contribution < -0.4 is 0 Å². The van der Waals surface area contributed by atoms with Crippen molar-refractivity contribution in [2.45, 2.75) is 65.8 Å². The van der Waals surface area contributed by atoms with Gasteiger partial charge in [0.2, 0.25) is 0 Å². The molecule has 0 saturated heterocycles. The van der Waals surface area contributed by atoms with Gasteiger partial charge < -0.3 is 0 Å². The van der Waals surface area contributed by atoms with E-state index < -0.39 is 20.3 Å². The molecule has 35 heavy (non-hydrogen) atoms.